The Bertz CT molecular complexity index is 1090. The van der Waals surface area contributed by atoms with Crippen LogP contribution in [0.25, 0.3) is 0 Å². The van der Waals surface area contributed by atoms with E-state index in [1.54, 1.807) is 18.2 Å². The van der Waals surface area contributed by atoms with Gasteiger partial charge in [0, 0.05) is 0 Å². The molecule has 0 unspecified atom stereocenters. The molecule has 0 saturated heterocycles. The third kappa shape index (κ3) is 3.81. The molecule has 0 aliphatic heterocycles. The van der Waals surface area contributed by atoms with E-state index in [4.69, 9.17) is 33.7 Å². The average Bonchev–Trinajstić information content (AvgIpc) is 2.66. The van der Waals surface area contributed by atoms with Crippen LogP contribution in [0, 0.1) is 11.6 Å². The predicted molar refractivity (Wildman–Crippen MR) is 99.1 cm³/mol. The van der Waals surface area contributed by atoms with Crippen molar-refractivity contribution in [3.8, 4) is 11.5 Å². The minimum Gasteiger partial charge on any atom is -0.453 e. The van der Waals surface area contributed by atoms with Gasteiger partial charge in [-0.05, 0) is 30.3 Å². The summed E-state index contributed by atoms with van der Waals surface area (Å²) in [5.74, 6) is -4.41. The van der Waals surface area contributed by atoms with Crippen molar-refractivity contribution in [3.05, 3.63) is 87.2 Å². The Labute approximate surface area is 167 Å². The molecule has 9 heteroatoms. The second-order valence-electron chi connectivity index (χ2n) is 5.51. The third-order valence-electron chi connectivity index (χ3n) is 3.70. The molecule has 5 nitrogen and oxygen atoms in total. The second kappa shape index (κ2) is 7.92. The van der Waals surface area contributed by atoms with Gasteiger partial charge < -0.3 is 10.5 Å². The van der Waals surface area contributed by atoms with Crippen LogP contribution in [0.15, 0.2) is 48.5 Å². The summed E-state index contributed by atoms with van der Waals surface area (Å²) in [5.41, 5.74) is 4.08. The standard InChI is InChI=1S/C19H10Cl2F2N2O3/c20-17-12(8-13(22)18(21)25-17)15(26)10-6-7-11(19(24)27)16(14(10)23)28-9-4-2-1-3-5-9/h1-8H,(H2,24,27). The zero-order chi connectivity index (χ0) is 20.4. The number of carbonyl (C=O) groups is 2. The van der Waals surface area contributed by atoms with Gasteiger partial charge in [-0.3, -0.25) is 9.59 Å². The Morgan fingerprint density at radius 3 is 2.21 bits per heavy atom. The Morgan fingerprint density at radius 2 is 1.57 bits per heavy atom. The van der Waals surface area contributed by atoms with E-state index in [0.717, 1.165) is 18.2 Å². The van der Waals surface area contributed by atoms with Crippen LogP contribution in [-0.2, 0) is 0 Å². The van der Waals surface area contributed by atoms with Crippen molar-refractivity contribution >= 4 is 34.9 Å². The number of ether oxygens (including phenoxy) is 1. The number of nitrogens with zero attached hydrogens (tertiary/aromatic N) is 1. The van der Waals surface area contributed by atoms with Gasteiger partial charge in [-0.25, -0.2) is 13.8 Å². The molecule has 3 rings (SSSR count). The zero-order valence-electron chi connectivity index (χ0n) is 13.9. The number of carbonyl (C=O) groups excluding carboxylic acids is 2. The highest BCUT2D eigenvalue weighted by atomic mass is 35.5. The number of primary amides is 1. The Kier molecular flexibility index (Phi) is 5.58. The highest BCUT2D eigenvalue weighted by molar-refractivity contribution is 6.35. The van der Waals surface area contributed by atoms with Crippen LogP contribution in [0.4, 0.5) is 8.78 Å². The second-order valence-corrected chi connectivity index (χ2v) is 6.23. The van der Waals surface area contributed by atoms with E-state index >= 15 is 4.39 Å². The number of hydrogen-bond donors (Lipinski definition) is 1. The summed E-state index contributed by atoms with van der Waals surface area (Å²) in [6.07, 6.45) is 0. The number of aromatic nitrogens is 1. The van der Waals surface area contributed by atoms with Gasteiger partial charge in [0.25, 0.3) is 5.91 Å². The van der Waals surface area contributed by atoms with Crippen LogP contribution in [0.3, 0.4) is 0 Å². The molecule has 0 fully saturated rings. The summed E-state index contributed by atoms with van der Waals surface area (Å²) in [6.45, 7) is 0. The monoisotopic (exact) mass is 422 g/mol. The molecule has 1 amide bonds. The van der Waals surface area contributed by atoms with Crippen molar-refractivity contribution in [2.45, 2.75) is 0 Å². The molecule has 142 valence electrons. The highest BCUT2D eigenvalue weighted by Gasteiger charge is 2.26. The molecule has 1 heterocycles. The van der Waals surface area contributed by atoms with Gasteiger partial charge >= 0.3 is 0 Å². The lowest BCUT2D eigenvalue weighted by molar-refractivity contribution is 0.0992. The van der Waals surface area contributed by atoms with Gasteiger partial charge in [0.2, 0.25) is 0 Å². The van der Waals surface area contributed by atoms with Crippen molar-refractivity contribution in [2.75, 3.05) is 0 Å². The van der Waals surface area contributed by atoms with E-state index in [1.807, 2.05) is 0 Å². The normalized spacial score (nSPS) is 10.6. The molecule has 0 spiro atoms. The maximum Gasteiger partial charge on any atom is 0.252 e. The van der Waals surface area contributed by atoms with Crippen LogP contribution in [0.2, 0.25) is 10.3 Å². The first kappa shape index (κ1) is 19.7. The first-order valence-electron chi connectivity index (χ1n) is 7.71. The molecule has 0 radical (unpaired) electrons. The van der Waals surface area contributed by atoms with Gasteiger partial charge in [-0.1, -0.05) is 41.4 Å². The smallest absolute Gasteiger partial charge is 0.252 e. The van der Waals surface area contributed by atoms with Gasteiger partial charge in [-0.2, -0.15) is 0 Å². The van der Waals surface area contributed by atoms with Crippen molar-refractivity contribution in [1.82, 2.24) is 4.98 Å². The molecule has 2 N–H and O–H groups in total. The maximum atomic E-state index is 15.1. The summed E-state index contributed by atoms with van der Waals surface area (Å²) >= 11 is 11.4. The number of rotatable bonds is 5. The third-order valence-corrected chi connectivity index (χ3v) is 4.25. The fourth-order valence-electron chi connectivity index (χ4n) is 2.38. The number of para-hydroxylation sites is 1. The van der Waals surface area contributed by atoms with Crippen LogP contribution in [0.1, 0.15) is 26.3 Å². The largest absolute Gasteiger partial charge is 0.453 e. The predicted octanol–water partition coefficient (Wildman–Crippen LogP) is 4.79. The minimum atomic E-state index is -1.16. The van der Waals surface area contributed by atoms with Gasteiger partial charge in [-0.15, -0.1) is 0 Å². The van der Waals surface area contributed by atoms with Crippen LogP contribution in [-0.4, -0.2) is 16.7 Å². The molecular formula is C19H10Cl2F2N2O3. The molecule has 1 aromatic heterocycles. The van der Waals surface area contributed by atoms with Gasteiger partial charge in [0.15, 0.2) is 28.3 Å². The molecule has 3 aromatic rings. The zero-order valence-corrected chi connectivity index (χ0v) is 15.4. The molecule has 0 aliphatic rings. The van der Waals surface area contributed by atoms with Crippen molar-refractivity contribution < 1.29 is 23.1 Å². The van der Waals surface area contributed by atoms with E-state index < -0.39 is 50.5 Å². The summed E-state index contributed by atoms with van der Waals surface area (Å²) in [6, 6.07) is 10.9. The van der Waals surface area contributed by atoms with Crippen molar-refractivity contribution in [3.63, 3.8) is 0 Å². The Hall–Kier alpha value is -3.03. The summed E-state index contributed by atoms with van der Waals surface area (Å²) < 4.78 is 34.2. The van der Waals surface area contributed by atoms with Crippen LogP contribution < -0.4 is 10.5 Å². The quantitative estimate of drug-likeness (QED) is 0.473. The highest BCUT2D eigenvalue weighted by Crippen LogP contribution is 2.32. The molecule has 2 aromatic carbocycles. The van der Waals surface area contributed by atoms with Crippen LogP contribution >= 0.6 is 23.2 Å². The molecule has 28 heavy (non-hydrogen) atoms. The van der Waals surface area contributed by atoms with E-state index in [0.29, 0.717) is 0 Å². The Morgan fingerprint density at radius 1 is 0.929 bits per heavy atom. The fourth-order valence-corrected chi connectivity index (χ4v) is 2.79. The fraction of sp³-hybridized carbons (Fsp3) is 0. The lowest BCUT2D eigenvalue weighted by Gasteiger charge is -2.13. The first-order valence-corrected chi connectivity index (χ1v) is 8.46. The maximum absolute atomic E-state index is 15.1. The van der Waals surface area contributed by atoms with Crippen LogP contribution in [0.5, 0.6) is 11.5 Å². The first-order chi connectivity index (χ1) is 13.3. The molecular weight excluding hydrogens is 413 g/mol. The number of nitrogens with two attached hydrogens (primary N) is 1. The van der Waals surface area contributed by atoms with E-state index in [2.05, 4.69) is 4.98 Å². The number of hydrogen-bond acceptors (Lipinski definition) is 4. The SMILES string of the molecule is NC(=O)c1ccc(C(=O)c2cc(F)c(Cl)nc2Cl)c(F)c1Oc1ccccc1. The minimum absolute atomic E-state index is 0.214. The summed E-state index contributed by atoms with van der Waals surface area (Å²) in [7, 11) is 0. The lowest BCUT2D eigenvalue weighted by Crippen LogP contribution is -2.15. The number of halogens is 4. The molecule has 0 saturated carbocycles. The van der Waals surface area contributed by atoms with E-state index in [-0.39, 0.29) is 11.3 Å². The van der Waals surface area contributed by atoms with E-state index in [1.165, 1.54) is 12.1 Å². The lowest BCUT2D eigenvalue weighted by atomic mass is 10.0. The number of pyridine rings is 1. The van der Waals surface area contributed by atoms with Gasteiger partial charge in [0.1, 0.15) is 10.9 Å². The van der Waals surface area contributed by atoms with E-state index in [9.17, 15) is 14.0 Å². The van der Waals surface area contributed by atoms with Crippen molar-refractivity contribution in [1.29, 1.82) is 0 Å². The topological polar surface area (TPSA) is 82.3 Å². The molecule has 0 bridgehead atoms. The van der Waals surface area contributed by atoms with Crippen molar-refractivity contribution in [2.24, 2.45) is 5.73 Å². The average molecular weight is 423 g/mol. The Balaban J connectivity index is 2.12. The number of benzene rings is 2. The number of ketones is 1. The molecule has 0 atom stereocenters. The summed E-state index contributed by atoms with van der Waals surface area (Å²) in [4.78, 5) is 27.8. The molecule has 0 aliphatic carbocycles. The number of amides is 1. The summed E-state index contributed by atoms with van der Waals surface area (Å²) in [5, 5.41) is -0.931. The van der Waals surface area contributed by atoms with Gasteiger partial charge in [0.05, 0.1) is 16.7 Å².